The van der Waals surface area contributed by atoms with Gasteiger partial charge in [-0.2, -0.15) is 0 Å². The molecule has 0 unspecified atom stereocenters. The first-order chi connectivity index (χ1) is 10.2. The lowest BCUT2D eigenvalue weighted by Crippen LogP contribution is -2.04. The second-order valence-corrected chi connectivity index (χ2v) is 4.27. The van der Waals surface area contributed by atoms with Crippen molar-refractivity contribution in [3.8, 4) is 17.2 Å². The smallest absolute Gasteiger partial charge is 0.330 e. The third-order valence-corrected chi connectivity index (χ3v) is 2.83. The summed E-state index contributed by atoms with van der Waals surface area (Å²) >= 11 is 0. The average molecular weight is 294 g/mol. The first-order valence-electron chi connectivity index (χ1n) is 6.86. The summed E-state index contributed by atoms with van der Waals surface area (Å²) < 4.78 is 21.1. The van der Waals surface area contributed by atoms with Gasteiger partial charge < -0.3 is 18.9 Å². The van der Waals surface area contributed by atoms with E-state index in [0.29, 0.717) is 30.5 Å². The van der Waals surface area contributed by atoms with Crippen LogP contribution in [0.4, 0.5) is 0 Å². The van der Waals surface area contributed by atoms with Crippen LogP contribution in [-0.2, 0) is 9.53 Å². The molecule has 0 saturated carbocycles. The third kappa shape index (κ3) is 5.77. The molecule has 21 heavy (non-hydrogen) atoms. The molecule has 0 N–H and O–H groups in total. The summed E-state index contributed by atoms with van der Waals surface area (Å²) in [6.45, 7) is 4.29. The number of unbranched alkanes of at least 4 members (excludes halogenated alkanes) is 2. The molecule has 0 aromatic heterocycles. The van der Waals surface area contributed by atoms with E-state index in [0.717, 1.165) is 25.3 Å². The Balaban J connectivity index is 2.29. The molecule has 1 rings (SSSR count). The second kappa shape index (κ2) is 9.69. The zero-order chi connectivity index (χ0) is 15.5. The molecule has 0 radical (unpaired) electrons. The SMILES string of the molecule is C=CC(=O)OCCCCCOc1c(OC)cccc1OC. The van der Waals surface area contributed by atoms with Crippen LogP contribution in [0.1, 0.15) is 19.3 Å². The molecule has 0 aliphatic rings. The molecule has 0 atom stereocenters. The topological polar surface area (TPSA) is 54.0 Å². The molecule has 5 nitrogen and oxygen atoms in total. The highest BCUT2D eigenvalue weighted by Gasteiger charge is 2.10. The van der Waals surface area contributed by atoms with Gasteiger partial charge in [-0.15, -0.1) is 0 Å². The lowest BCUT2D eigenvalue weighted by Gasteiger charge is -2.13. The summed E-state index contributed by atoms with van der Waals surface area (Å²) in [7, 11) is 3.19. The molecular formula is C16H22O5. The van der Waals surface area contributed by atoms with E-state index in [4.69, 9.17) is 18.9 Å². The van der Waals surface area contributed by atoms with Gasteiger partial charge in [0.05, 0.1) is 27.4 Å². The van der Waals surface area contributed by atoms with Crippen molar-refractivity contribution in [2.75, 3.05) is 27.4 Å². The Hall–Kier alpha value is -2.17. The number of hydrogen-bond acceptors (Lipinski definition) is 5. The van der Waals surface area contributed by atoms with Crippen molar-refractivity contribution in [1.29, 1.82) is 0 Å². The molecule has 0 heterocycles. The number of ether oxygens (including phenoxy) is 4. The van der Waals surface area contributed by atoms with Gasteiger partial charge in [0.15, 0.2) is 11.5 Å². The van der Waals surface area contributed by atoms with Gasteiger partial charge in [-0.1, -0.05) is 12.6 Å². The Morgan fingerprint density at radius 1 is 1.10 bits per heavy atom. The monoisotopic (exact) mass is 294 g/mol. The Bertz CT molecular complexity index is 434. The van der Waals surface area contributed by atoms with E-state index in [1.807, 2.05) is 18.2 Å². The number of methoxy groups -OCH3 is 2. The van der Waals surface area contributed by atoms with Gasteiger partial charge >= 0.3 is 5.97 Å². The van der Waals surface area contributed by atoms with Gasteiger partial charge in [-0.25, -0.2) is 4.79 Å². The highest BCUT2D eigenvalue weighted by Crippen LogP contribution is 2.36. The zero-order valence-electron chi connectivity index (χ0n) is 12.6. The Kier molecular flexibility index (Phi) is 7.79. The lowest BCUT2D eigenvalue weighted by atomic mass is 10.2. The standard InChI is InChI=1S/C16H22O5/c1-4-15(17)20-11-6-5-7-12-21-16-13(18-2)9-8-10-14(16)19-3/h4,8-10H,1,5-7,11-12H2,2-3H3. The molecule has 0 spiro atoms. The van der Waals surface area contributed by atoms with Crippen molar-refractivity contribution < 1.29 is 23.7 Å². The van der Waals surface area contributed by atoms with E-state index in [1.165, 1.54) is 0 Å². The molecule has 0 aliphatic carbocycles. The molecule has 0 fully saturated rings. The normalized spacial score (nSPS) is 9.81. The summed E-state index contributed by atoms with van der Waals surface area (Å²) in [5.41, 5.74) is 0. The van der Waals surface area contributed by atoms with Gasteiger partial charge in [0.1, 0.15) is 0 Å². The molecule has 0 saturated heterocycles. The van der Waals surface area contributed by atoms with Gasteiger partial charge in [0.25, 0.3) is 0 Å². The number of esters is 1. The quantitative estimate of drug-likeness (QED) is 0.377. The molecule has 116 valence electrons. The van der Waals surface area contributed by atoms with Crippen LogP contribution in [0.25, 0.3) is 0 Å². The fraction of sp³-hybridized carbons (Fsp3) is 0.438. The summed E-state index contributed by atoms with van der Waals surface area (Å²) in [5.74, 6) is 1.52. The average Bonchev–Trinajstić information content (AvgIpc) is 2.53. The van der Waals surface area contributed by atoms with Crippen LogP contribution in [0, 0.1) is 0 Å². The molecule has 1 aromatic carbocycles. The number of hydrogen-bond donors (Lipinski definition) is 0. The van der Waals surface area contributed by atoms with E-state index in [1.54, 1.807) is 14.2 Å². The van der Waals surface area contributed by atoms with Gasteiger partial charge in [-0.3, -0.25) is 0 Å². The fourth-order valence-electron chi connectivity index (χ4n) is 1.75. The van der Waals surface area contributed by atoms with Crippen LogP contribution in [0.3, 0.4) is 0 Å². The summed E-state index contributed by atoms with van der Waals surface area (Å²) in [4.78, 5) is 10.8. The fourth-order valence-corrected chi connectivity index (χ4v) is 1.75. The minimum Gasteiger partial charge on any atom is -0.493 e. The number of carbonyl (C=O) groups excluding carboxylic acids is 1. The molecule has 0 aliphatic heterocycles. The van der Waals surface area contributed by atoms with Crippen molar-refractivity contribution in [1.82, 2.24) is 0 Å². The van der Waals surface area contributed by atoms with Crippen molar-refractivity contribution in [2.24, 2.45) is 0 Å². The Labute approximate surface area is 125 Å². The van der Waals surface area contributed by atoms with Crippen molar-refractivity contribution in [2.45, 2.75) is 19.3 Å². The molecule has 1 aromatic rings. The molecule has 0 amide bonds. The predicted octanol–water partition coefficient (Wildman–Crippen LogP) is 2.98. The highest BCUT2D eigenvalue weighted by molar-refractivity contribution is 5.81. The Morgan fingerprint density at radius 2 is 1.71 bits per heavy atom. The van der Waals surface area contributed by atoms with Crippen LogP contribution in [0.15, 0.2) is 30.9 Å². The van der Waals surface area contributed by atoms with Crippen LogP contribution in [0.2, 0.25) is 0 Å². The van der Waals surface area contributed by atoms with E-state index in [-0.39, 0.29) is 5.97 Å². The first kappa shape index (κ1) is 16.9. The van der Waals surface area contributed by atoms with E-state index < -0.39 is 0 Å². The number of benzene rings is 1. The van der Waals surface area contributed by atoms with Gasteiger partial charge in [0.2, 0.25) is 5.75 Å². The van der Waals surface area contributed by atoms with Crippen LogP contribution in [-0.4, -0.2) is 33.4 Å². The number of carbonyl (C=O) groups is 1. The predicted molar refractivity (Wildman–Crippen MR) is 80.0 cm³/mol. The largest absolute Gasteiger partial charge is 0.493 e. The van der Waals surface area contributed by atoms with E-state index >= 15 is 0 Å². The maximum atomic E-state index is 10.8. The molecule has 5 heteroatoms. The summed E-state index contributed by atoms with van der Waals surface area (Å²) in [6, 6.07) is 5.50. The molecular weight excluding hydrogens is 272 g/mol. The zero-order valence-corrected chi connectivity index (χ0v) is 12.6. The number of para-hydroxylation sites is 1. The third-order valence-electron chi connectivity index (χ3n) is 2.83. The minimum atomic E-state index is -0.384. The first-order valence-corrected chi connectivity index (χ1v) is 6.86. The van der Waals surface area contributed by atoms with Crippen LogP contribution >= 0.6 is 0 Å². The minimum absolute atomic E-state index is 0.384. The summed E-state index contributed by atoms with van der Waals surface area (Å²) in [5, 5.41) is 0. The van der Waals surface area contributed by atoms with Crippen molar-refractivity contribution in [3.05, 3.63) is 30.9 Å². The molecule has 0 bridgehead atoms. The van der Waals surface area contributed by atoms with Crippen molar-refractivity contribution in [3.63, 3.8) is 0 Å². The maximum Gasteiger partial charge on any atom is 0.330 e. The van der Waals surface area contributed by atoms with Crippen molar-refractivity contribution >= 4 is 5.97 Å². The highest BCUT2D eigenvalue weighted by atomic mass is 16.5. The Morgan fingerprint density at radius 3 is 2.29 bits per heavy atom. The van der Waals surface area contributed by atoms with E-state index in [2.05, 4.69) is 6.58 Å². The second-order valence-electron chi connectivity index (χ2n) is 4.27. The lowest BCUT2D eigenvalue weighted by molar-refractivity contribution is -0.137. The maximum absolute atomic E-state index is 10.8. The van der Waals surface area contributed by atoms with Crippen LogP contribution < -0.4 is 14.2 Å². The summed E-state index contributed by atoms with van der Waals surface area (Å²) in [6.07, 6.45) is 3.72. The van der Waals surface area contributed by atoms with Crippen LogP contribution in [0.5, 0.6) is 17.2 Å². The number of rotatable bonds is 10. The van der Waals surface area contributed by atoms with E-state index in [9.17, 15) is 4.79 Å². The van der Waals surface area contributed by atoms with Gasteiger partial charge in [0, 0.05) is 6.08 Å². The van der Waals surface area contributed by atoms with Gasteiger partial charge in [-0.05, 0) is 31.4 Å².